The Morgan fingerprint density at radius 2 is 2.22 bits per heavy atom. The van der Waals surface area contributed by atoms with Crippen molar-refractivity contribution in [1.82, 2.24) is 10.3 Å². The van der Waals surface area contributed by atoms with Crippen molar-refractivity contribution < 1.29 is 4.74 Å². The molecule has 0 amide bonds. The van der Waals surface area contributed by atoms with Gasteiger partial charge in [-0.15, -0.1) is 11.3 Å². The molecule has 0 bridgehead atoms. The molecule has 1 N–H and O–H groups in total. The molecule has 3 nitrogen and oxygen atoms in total. The molecule has 0 aliphatic heterocycles. The van der Waals surface area contributed by atoms with E-state index in [2.05, 4.69) is 36.5 Å². The van der Waals surface area contributed by atoms with Gasteiger partial charge in [-0.05, 0) is 32.1 Å². The van der Waals surface area contributed by atoms with Gasteiger partial charge in [-0.2, -0.15) is 0 Å². The average Bonchev–Trinajstić information content (AvgIpc) is 3.02. The molecule has 4 heteroatoms. The lowest BCUT2D eigenvalue weighted by molar-refractivity contribution is 0.0381. The number of hydrogen-bond acceptors (Lipinski definition) is 4. The van der Waals surface area contributed by atoms with Crippen LogP contribution in [0.4, 0.5) is 0 Å². The van der Waals surface area contributed by atoms with Gasteiger partial charge >= 0.3 is 0 Å². The van der Waals surface area contributed by atoms with Crippen LogP contribution in [-0.4, -0.2) is 17.1 Å². The third kappa shape index (κ3) is 5.04. The van der Waals surface area contributed by atoms with Gasteiger partial charge in [0, 0.05) is 18.0 Å². The zero-order chi connectivity index (χ0) is 13.0. The topological polar surface area (TPSA) is 34.1 Å². The van der Waals surface area contributed by atoms with Gasteiger partial charge in [0.25, 0.3) is 0 Å². The van der Waals surface area contributed by atoms with E-state index in [1.54, 1.807) is 11.3 Å². The molecule has 1 unspecified atom stereocenters. The second-order valence-electron chi connectivity index (χ2n) is 5.64. The monoisotopic (exact) mass is 268 g/mol. The quantitative estimate of drug-likeness (QED) is 0.785. The van der Waals surface area contributed by atoms with Gasteiger partial charge < -0.3 is 10.1 Å². The number of thiazole rings is 1. The van der Waals surface area contributed by atoms with Gasteiger partial charge in [-0.25, -0.2) is 4.98 Å². The molecule has 1 aromatic heterocycles. The van der Waals surface area contributed by atoms with E-state index < -0.39 is 0 Å². The van der Waals surface area contributed by atoms with Gasteiger partial charge in [0.2, 0.25) is 0 Å². The molecule has 1 aromatic rings. The highest BCUT2D eigenvalue weighted by Crippen LogP contribution is 2.20. The van der Waals surface area contributed by atoms with Crippen LogP contribution in [0.1, 0.15) is 50.7 Å². The second kappa shape index (κ2) is 6.64. The lowest BCUT2D eigenvalue weighted by Gasteiger charge is -2.14. The smallest absolute Gasteiger partial charge is 0.107 e. The summed E-state index contributed by atoms with van der Waals surface area (Å²) in [5, 5.41) is 6.78. The fourth-order valence-electron chi connectivity index (χ4n) is 1.98. The van der Waals surface area contributed by atoms with Crippen molar-refractivity contribution in [3.8, 4) is 0 Å². The van der Waals surface area contributed by atoms with Gasteiger partial charge in [-0.3, -0.25) is 0 Å². The Bertz CT molecular complexity index is 360. The van der Waals surface area contributed by atoms with Gasteiger partial charge in [-0.1, -0.05) is 13.8 Å². The first kappa shape index (κ1) is 14.0. The Hall–Kier alpha value is -0.450. The van der Waals surface area contributed by atoms with Crippen molar-refractivity contribution in [3.05, 3.63) is 16.1 Å². The highest BCUT2D eigenvalue weighted by Gasteiger charge is 2.20. The molecule has 2 rings (SSSR count). The number of ether oxygens (including phenoxy) is 1. The molecule has 1 fully saturated rings. The molecule has 1 atom stereocenters. The Morgan fingerprint density at radius 1 is 1.44 bits per heavy atom. The molecule has 1 aliphatic carbocycles. The largest absolute Gasteiger partial charge is 0.372 e. The minimum atomic E-state index is 0.319. The third-order valence-corrected chi connectivity index (χ3v) is 3.94. The molecule has 0 saturated heterocycles. The van der Waals surface area contributed by atoms with Crippen molar-refractivity contribution in [3.63, 3.8) is 0 Å². The lowest BCUT2D eigenvalue weighted by atomic mass is 10.1. The zero-order valence-electron chi connectivity index (χ0n) is 11.6. The highest BCUT2D eigenvalue weighted by atomic mass is 32.1. The van der Waals surface area contributed by atoms with Gasteiger partial charge in [0.1, 0.15) is 5.01 Å². The summed E-state index contributed by atoms with van der Waals surface area (Å²) in [6.07, 6.45) is 4.09. The minimum absolute atomic E-state index is 0.319. The molecule has 0 radical (unpaired) electrons. The fraction of sp³-hybridized carbons (Fsp3) is 0.786. The van der Waals surface area contributed by atoms with Crippen LogP contribution < -0.4 is 5.32 Å². The maximum absolute atomic E-state index is 5.81. The van der Waals surface area contributed by atoms with Crippen molar-refractivity contribution in [1.29, 1.82) is 0 Å². The maximum Gasteiger partial charge on any atom is 0.107 e. The van der Waals surface area contributed by atoms with Crippen LogP contribution >= 0.6 is 11.3 Å². The summed E-state index contributed by atoms with van der Waals surface area (Å²) in [6.45, 7) is 8.15. The third-order valence-electron chi connectivity index (χ3n) is 3.04. The average molecular weight is 268 g/mol. The van der Waals surface area contributed by atoms with E-state index in [-0.39, 0.29) is 0 Å². The van der Waals surface area contributed by atoms with Crippen LogP contribution in [0.2, 0.25) is 0 Å². The molecule has 1 heterocycles. The molecular weight excluding hydrogens is 244 g/mol. The summed E-state index contributed by atoms with van der Waals surface area (Å²) in [6, 6.07) is 0.750. The van der Waals surface area contributed by atoms with E-state index in [9.17, 15) is 0 Å². The number of rotatable bonds is 8. The van der Waals surface area contributed by atoms with Crippen molar-refractivity contribution in [2.24, 2.45) is 5.92 Å². The van der Waals surface area contributed by atoms with Crippen molar-refractivity contribution in [2.45, 2.75) is 65.3 Å². The van der Waals surface area contributed by atoms with Crippen LogP contribution in [0.5, 0.6) is 0 Å². The number of nitrogens with zero attached hydrogens (tertiary/aromatic N) is 1. The molecular formula is C14H24N2OS. The summed E-state index contributed by atoms with van der Waals surface area (Å²) in [5.41, 5.74) is 1.07. The van der Waals surface area contributed by atoms with E-state index in [4.69, 9.17) is 4.74 Å². The predicted molar refractivity (Wildman–Crippen MR) is 75.7 cm³/mol. The molecule has 1 saturated carbocycles. The van der Waals surface area contributed by atoms with Crippen LogP contribution in [-0.2, 0) is 17.9 Å². The summed E-state index contributed by atoms with van der Waals surface area (Å²) in [4.78, 5) is 4.59. The predicted octanol–water partition coefficient (Wildman–Crippen LogP) is 3.35. The first-order chi connectivity index (χ1) is 8.63. The molecule has 0 spiro atoms. The van der Waals surface area contributed by atoms with Crippen LogP contribution in [0.25, 0.3) is 0 Å². The number of nitrogens with one attached hydrogen (secondary N) is 1. The van der Waals surface area contributed by atoms with Crippen molar-refractivity contribution in [2.75, 3.05) is 0 Å². The lowest BCUT2D eigenvalue weighted by Crippen LogP contribution is -2.15. The summed E-state index contributed by atoms with van der Waals surface area (Å²) in [5.74, 6) is 0.689. The highest BCUT2D eigenvalue weighted by molar-refractivity contribution is 7.09. The first-order valence-corrected chi connectivity index (χ1v) is 7.79. The normalized spacial score (nSPS) is 17.3. The summed E-state index contributed by atoms with van der Waals surface area (Å²) in [7, 11) is 0. The van der Waals surface area contributed by atoms with Crippen molar-refractivity contribution >= 4 is 11.3 Å². The molecule has 102 valence electrons. The maximum atomic E-state index is 5.81. The zero-order valence-corrected chi connectivity index (χ0v) is 12.4. The Labute approximate surface area is 114 Å². The Balaban J connectivity index is 1.68. The van der Waals surface area contributed by atoms with Crippen LogP contribution in [0.3, 0.4) is 0 Å². The van der Waals surface area contributed by atoms with Crippen LogP contribution in [0, 0.1) is 5.92 Å². The second-order valence-corrected chi connectivity index (χ2v) is 6.58. The Kier molecular flexibility index (Phi) is 5.15. The number of aromatic nitrogens is 1. The molecule has 18 heavy (non-hydrogen) atoms. The van der Waals surface area contributed by atoms with E-state index in [1.807, 2.05) is 0 Å². The van der Waals surface area contributed by atoms with E-state index in [1.165, 1.54) is 17.8 Å². The van der Waals surface area contributed by atoms with Gasteiger partial charge in [0.15, 0.2) is 0 Å². The standard InChI is InChI=1S/C14H24N2OS/c1-10(2)6-11(3)17-8-13-9-18-14(16-13)7-15-12-4-5-12/h9-12,15H,4-8H2,1-3H3. The fourth-order valence-corrected chi connectivity index (χ4v) is 2.70. The van der Waals surface area contributed by atoms with E-state index in [0.717, 1.165) is 24.7 Å². The molecule has 0 aromatic carbocycles. The summed E-state index contributed by atoms with van der Waals surface area (Å²) >= 11 is 1.73. The minimum Gasteiger partial charge on any atom is -0.372 e. The molecule has 1 aliphatic rings. The first-order valence-electron chi connectivity index (χ1n) is 6.91. The Morgan fingerprint density at radius 3 is 2.89 bits per heavy atom. The summed E-state index contributed by atoms with van der Waals surface area (Å²) < 4.78 is 5.81. The van der Waals surface area contributed by atoms with E-state index >= 15 is 0 Å². The number of hydrogen-bond donors (Lipinski definition) is 1. The van der Waals surface area contributed by atoms with Crippen LogP contribution in [0.15, 0.2) is 5.38 Å². The SMILES string of the molecule is CC(C)CC(C)OCc1csc(CNC2CC2)n1. The van der Waals surface area contributed by atoms with E-state index in [0.29, 0.717) is 18.6 Å². The van der Waals surface area contributed by atoms with Gasteiger partial charge in [0.05, 0.1) is 18.4 Å².